The summed E-state index contributed by atoms with van der Waals surface area (Å²) in [5, 5.41) is 5.47. The first-order valence-electron chi connectivity index (χ1n) is 8.70. The van der Waals surface area contributed by atoms with E-state index in [9.17, 15) is 14.4 Å². The first-order valence-corrected chi connectivity index (χ1v) is 8.70. The van der Waals surface area contributed by atoms with Gasteiger partial charge >= 0.3 is 5.97 Å². The lowest BCUT2D eigenvalue weighted by molar-refractivity contribution is -0.148. The fourth-order valence-electron chi connectivity index (χ4n) is 2.63. The summed E-state index contributed by atoms with van der Waals surface area (Å²) in [5.41, 5.74) is 3.51. The maximum atomic E-state index is 12.1. The van der Waals surface area contributed by atoms with Gasteiger partial charge in [0, 0.05) is 12.6 Å². The molecule has 2 rings (SSSR count). The van der Waals surface area contributed by atoms with Crippen LogP contribution in [-0.2, 0) is 19.1 Å². The highest BCUT2D eigenvalue weighted by Crippen LogP contribution is 2.19. The average Bonchev–Trinajstić information content (AvgIpc) is 2.64. The van der Waals surface area contributed by atoms with Crippen LogP contribution >= 0.6 is 0 Å². The molecule has 0 aliphatic rings. The minimum absolute atomic E-state index is 0.0552. The zero-order chi connectivity index (χ0) is 19.8. The summed E-state index contributed by atoms with van der Waals surface area (Å²) in [6.07, 6.45) is -0.0552. The standard InChI is InChI=1S/C21H24N2O4/c1-14-8-7-11-18(15(14)2)23-20(25)13-27-21(26)12-19(22-16(3)24)17-9-5-4-6-10-17/h4-11,19H,12-13H2,1-3H3,(H,22,24)(H,23,25)/t19-/m0/s1. The predicted molar refractivity (Wildman–Crippen MR) is 103 cm³/mol. The summed E-state index contributed by atoms with van der Waals surface area (Å²) in [7, 11) is 0. The minimum Gasteiger partial charge on any atom is -0.455 e. The first kappa shape index (κ1) is 20.2. The third-order valence-corrected chi connectivity index (χ3v) is 4.19. The van der Waals surface area contributed by atoms with Crippen molar-refractivity contribution in [2.45, 2.75) is 33.2 Å². The lowest BCUT2D eigenvalue weighted by Gasteiger charge is -2.17. The van der Waals surface area contributed by atoms with Gasteiger partial charge in [-0.3, -0.25) is 14.4 Å². The lowest BCUT2D eigenvalue weighted by atomic mass is 10.0. The third-order valence-electron chi connectivity index (χ3n) is 4.19. The monoisotopic (exact) mass is 368 g/mol. The van der Waals surface area contributed by atoms with Crippen LogP contribution in [-0.4, -0.2) is 24.4 Å². The van der Waals surface area contributed by atoms with Crippen molar-refractivity contribution < 1.29 is 19.1 Å². The second-order valence-corrected chi connectivity index (χ2v) is 6.32. The van der Waals surface area contributed by atoms with Gasteiger partial charge in [0.1, 0.15) is 0 Å². The van der Waals surface area contributed by atoms with Crippen molar-refractivity contribution >= 4 is 23.5 Å². The molecule has 0 radical (unpaired) electrons. The Morgan fingerprint density at radius 3 is 2.37 bits per heavy atom. The van der Waals surface area contributed by atoms with Crippen molar-refractivity contribution in [1.29, 1.82) is 0 Å². The number of benzene rings is 2. The molecule has 0 unspecified atom stereocenters. The van der Waals surface area contributed by atoms with Crippen LogP contribution in [0, 0.1) is 13.8 Å². The van der Waals surface area contributed by atoms with Gasteiger partial charge in [-0.25, -0.2) is 0 Å². The van der Waals surface area contributed by atoms with Crippen molar-refractivity contribution in [3.8, 4) is 0 Å². The highest BCUT2D eigenvalue weighted by atomic mass is 16.5. The van der Waals surface area contributed by atoms with Gasteiger partial charge in [-0.15, -0.1) is 0 Å². The van der Waals surface area contributed by atoms with E-state index in [4.69, 9.17) is 4.74 Å². The Bertz CT molecular complexity index is 818. The Hall–Kier alpha value is -3.15. The molecule has 0 aliphatic carbocycles. The van der Waals surface area contributed by atoms with E-state index in [-0.39, 0.29) is 18.9 Å². The molecule has 0 bridgehead atoms. The molecule has 2 aromatic rings. The highest BCUT2D eigenvalue weighted by Gasteiger charge is 2.19. The van der Waals surface area contributed by atoms with Gasteiger partial charge in [0.05, 0.1) is 12.5 Å². The SMILES string of the molecule is CC(=O)N[C@@H](CC(=O)OCC(=O)Nc1cccc(C)c1C)c1ccccc1. The smallest absolute Gasteiger partial charge is 0.308 e. The molecule has 0 aliphatic heterocycles. The zero-order valence-corrected chi connectivity index (χ0v) is 15.7. The van der Waals surface area contributed by atoms with Crippen LogP contribution in [0.5, 0.6) is 0 Å². The van der Waals surface area contributed by atoms with Crippen LogP contribution in [0.25, 0.3) is 0 Å². The van der Waals surface area contributed by atoms with Crippen LogP contribution in [0.4, 0.5) is 5.69 Å². The largest absolute Gasteiger partial charge is 0.455 e. The van der Waals surface area contributed by atoms with E-state index in [0.717, 1.165) is 16.7 Å². The molecule has 2 N–H and O–H groups in total. The average molecular weight is 368 g/mol. The van der Waals surface area contributed by atoms with Gasteiger partial charge in [0.2, 0.25) is 5.91 Å². The Labute approximate surface area is 158 Å². The summed E-state index contributed by atoms with van der Waals surface area (Å²) in [6, 6.07) is 14.2. The van der Waals surface area contributed by atoms with Crippen molar-refractivity contribution in [2.75, 3.05) is 11.9 Å². The predicted octanol–water partition coefficient (Wildman–Crippen LogP) is 3.05. The van der Waals surface area contributed by atoms with E-state index in [1.165, 1.54) is 6.92 Å². The minimum atomic E-state index is -0.561. The number of aryl methyl sites for hydroxylation is 1. The van der Waals surface area contributed by atoms with Gasteiger partial charge in [-0.05, 0) is 36.6 Å². The Morgan fingerprint density at radius 1 is 1.00 bits per heavy atom. The number of anilines is 1. The van der Waals surface area contributed by atoms with Crippen LogP contribution in [0.15, 0.2) is 48.5 Å². The van der Waals surface area contributed by atoms with Crippen LogP contribution in [0.2, 0.25) is 0 Å². The van der Waals surface area contributed by atoms with Gasteiger partial charge in [0.15, 0.2) is 6.61 Å². The molecule has 0 fully saturated rings. The normalized spacial score (nSPS) is 11.4. The Morgan fingerprint density at radius 2 is 1.70 bits per heavy atom. The number of carbonyl (C=O) groups is 3. The summed E-state index contributed by atoms with van der Waals surface area (Å²) >= 11 is 0. The number of amides is 2. The van der Waals surface area contributed by atoms with E-state index in [1.54, 1.807) is 6.07 Å². The molecule has 0 saturated carbocycles. The van der Waals surface area contributed by atoms with Crippen LogP contribution in [0.1, 0.15) is 36.1 Å². The summed E-state index contributed by atoms with van der Waals surface area (Å²) in [4.78, 5) is 35.6. The fourth-order valence-corrected chi connectivity index (χ4v) is 2.63. The molecule has 0 heterocycles. The summed E-state index contributed by atoms with van der Waals surface area (Å²) in [5.74, 6) is -1.22. The molecular weight excluding hydrogens is 344 g/mol. The second-order valence-electron chi connectivity index (χ2n) is 6.32. The van der Waals surface area contributed by atoms with E-state index in [0.29, 0.717) is 5.69 Å². The van der Waals surface area contributed by atoms with E-state index in [1.807, 2.05) is 56.3 Å². The number of carbonyl (C=O) groups excluding carboxylic acids is 3. The molecule has 142 valence electrons. The Kier molecular flexibility index (Phi) is 7.11. The molecule has 6 nitrogen and oxygen atoms in total. The summed E-state index contributed by atoms with van der Waals surface area (Å²) in [6.45, 7) is 4.87. The molecule has 0 aromatic heterocycles. The Balaban J connectivity index is 1.90. The van der Waals surface area contributed by atoms with Crippen molar-refractivity contribution in [3.05, 3.63) is 65.2 Å². The maximum absolute atomic E-state index is 12.1. The fraction of sp³-hybridized carbons (Fsp3) is 0.286. The molecule has 6 heteroatoms. The van der Waals surface area contributed by atoms with Gasteiger partial charge < -0.3 is 15.4 Å². The van der Waals surface area contributed by atoms with Crippen LogP contribution in [0.3, 0.4) is 0 Å². The summed E-state index contributed by atoms with van der Waals surface area (Å²) < 4.78 is 5.08. The van der Waals surface area contributed by atoms with E-state index < -0.39 is 17.9 Å². The topological polar surface area (TPSA) is 84.5 Å². The molecule has 2 amide bonds. The zero-order valence-electron chi connectivity index (χ0n) is 15.7. The number of rotatable bonds is 7. The van der Waals surface area contributed by atoms with Gasteiger partial charge in [0.25, 0.3) is 5.91 Å². The molecular formula is C21H24N2O4. The number of hydrogen-bond acceptors (Lipinski definition) is 4. The molecule has 1 atom stereocenters. The van der Waals surface area contributed by atoms with E-state index >= 15 is 0 Å². The van der Waals surface area contributed by atoms with E-state index in [2.05, 4.69) is 10.6 Å². The number of esters is 1. The highest BCUT2D eigenvalue weighted by molar-refractivity contribution is 5.93. The first-order chi connectivity index (χ1) is 12.9. The lowest BCUT2D eigenvalue weighted by Crippen LogP contribution is -2.29. The van der Waals surface area contributed by atoms with Crippen LogP contribution < -0.4 is 10.6 Å². The molecule has 0 spiro atoms. The van der Waals surface area contributed by atoms with Crippen molar-refractivity contribution in [3.63, 3.8) is 0 Å². The van der Waals surface area contributed by atoms with Gasteiger partial charge in [-0.2, -0.15) is 0 Å². The molecule has 0 saturated heterocycles. The molecule has 2 aromatic carbocycles. The second kappa shape index (κ2) is 9.52. The van der Waals surface area contributed by atoms with Crippen molar-refractivity contribution in [1.82, 2.24) is 5.32 Å². The third kappa shape index (κ3) is 6.26. The number of ether oxygens (including phenoxy) is 1. The number of hydrogen-bond donors (Lipinski definition) is 2. The van der Waals surface area contributed by atoms with Crippen molar-refractivity contribution in [2.24, 2.45) is 0 Å². The quantitative estimate of drug-likeness (QED) is 0.736. The maximum Gasteiger partial charge on any atom is 0.308 e. The molecule has 27 heavy (non-hydrogen) atoms. The number of nitrogens with one attached hydrogen (secondary N) is 2. The van der Waals surface area contributed by atoms with Gasteiger partial charge in [-0.1, -0.05) is 42.5 Å².